The van der Waals surface area contributed by atoms with E-state index in [2.05, 4.69) is 21.6 Å². The number of nitrogens with zero attached hydrogens (tertiary/aromatic N) is 1. The minimum Gasteiger partial charge on any atom is -0.492 e. The van der Waals surface area contributed by atoms with Gasteiger partial charge in [-0.2, -0.15) is 5.10 Å². The lowest BCUT2D eigenvalue weighted by molar-refractivity contribution is 0.326. The van der Waals surface area contributed by atoms with E-state index < -0.39 is 0 Å². The summed E-state index contributed by atoms with van der Waals surface area (Å²) in [4.78, 5) is 0. The first-order chi connectivity index (χ1) is 6.93. The molecule has 2 N–H and O–H groups in total. The molecular formula is C10H11N3O. The summed E-state index contributed by atoms with van der Waals surface area (Å²) >= 11 is 0. The normalized spacial score (nSPS) is 16.0. The van der Waals surface area contributed by atoms with E-state index in [4.69, 9.17) is 4.74 Å². The summed E-state index contributed by atoms with van der Waals surface area (Å²) < 4.78 is 5.62. The van der Waals surface area contributed by atoms with Gasteiger partial charge < -0.3 is 10.1 Å². The predicted molar refractivity (Wildman–Crippen MR) is 53.3 cm³/mol. The first kappa shape index (κ1) is 7.82. The number of ether oxygens (including phenoxy) is 1. The van der Waals surface area contributed by atoms with Crippen LogP contribution in [0.4, 0.5) is 0 Å². The van der Waals surface area contributed by atoms with E-state index in [1.165, 1.54) is 5.56 Å². The maximum atomic E-state index is 5.62. The Morgan fingerprint density at radius 3 is 3.36 bits per heavy atom. The molecule has 0 spiro atoms. The molecule has 1 aliphatic heterocycles. The highest BCUT2D eigenvalue weighted by Gasteiger charge is 2.10. The van der Waals surface area contributed by atoms with Crippen molar-refractivity contribution in [3.05, 3.63) is 23.9 Å². The monoisotopic (exact) mass is 189 g/mol. The summed E-state index contributed by atoms with van der Waals surface area (Å²) in [6, 6.07) is 4.14. The van der Waals surface area contributed by atoms with E-state index in [1.54, 1.807) is 0 Å². The number of hydrogen-bond donors (Lipinski definition) is 2. The fourth-order valence-corrected chi connectivity index (χ4v) is 1.74. The highest BCUT2D eigenvalue weighted by molar-refractivity contribution is 5.80. The van der Waals surface area contributed by atoms with E-state index in [0.29, 0.717) is 0 Å². The molecule has 2 aromatic rings. The first-order valence-corrected chi connectivity index (χ1v) is 4.73. The van der Waals surface area contributed by atoms with Crippen molar-refractivity contribution in [2.24, 2.45) is 0 Å². The number of benzene rings is 1. The third-order valence-corrected chi connectivity index (χ3v) is 2.47. The van der Waals surface area contributed by atoms with Crippen molar-refractivity contribution in [1.29, 1.82) is 0 Å². The number of hydrogen-bond acceptors (Lipinski definition) is 3. The van der Waals surface area contributed by atoms with Gasteiger partial charge in [-0.25, -0.2) is 0 Å². The Morgan fingerprint density at radius 1 is 1.36 bits per heavy atom. The molecule has 4 heteroatoms. The molecule has 1 aliphatic rings. The summed E-state index contributed by atoms with van der Waals surface area (Å²) in [6.45, 7) is 2.50. The lowest BCUT2D eigenvalue weighted by Crippen LogP contribution is -2.16. The lowest BCUT2D eigenvalue weighted by atomic mass is 10.1. The Labute approximate surface area is 81.3 Å². The Kier molecular flexibility index (Phi) is 1.67. The van der Waals surface area contributed by atoms with Crippen molar-refractivity contribution in [1.82, 2.24) is 15.5 Å². The third kappa shape index (κ3) is 1.15. The van der Waals surface area contributed by atoms with E-state index in [-0.39, 0.29) is 0 Å². The topological polar surface area (TPSA) is 49.9 Å². The quantitative estimate of drug-likeness (QED) is 0.651. The molecule has 0 aliphatic carbocycles. The zero-order chi connectivity index (χ0) is 9.38. The highest BCUT2D eigenvalue weighted by atomic mass is 16.5. The zero-order valence-electron chi connectivity index (χ0n) is 7.71. The molecule has 0 radical (unpaired) electrons. The first-order valence-electron chi connectivity index (χ1n) is 4.73. The van der Waals surface area contributed by atoms with Gasteiger partial charge in [-0.1, -0.05) is 0 Å². The molecule has 1 aromatic carbocycles. The van der Waals surface area contributed by atoms with Crippen LogP contribution in [0, 0.1) is 0 Å². The van der Waals surface area contributed by atoms with E-state index in [0.717, 1.165) is 36.3 Å². The van der Waals surface area contributed by atoms with Gasteiger partial charge in [-0.15, -0.1) is 0 Å². The number of aromatic nitrogens is 2. The van der Waals surface area contributed by atoms with Crippen LogP contribution in [0.25, 0.3) is 10.9 Å². The fourth-order valence-electron chi connectivity index (χ4n) is 1.74. The molecule has 1 aromatic heterocycles. The Morgan fingerprint density at radius 2 is 2.36 bits per heavy atom. The van der Waals surface area contributed by atoms with Gasteiger partial charge in [0.15, 0.2) is 0 Å². The molecule has 3 rings (SSSR count). The summed E-state index contributed by atoms with van der Waals surface area (Å²) in [7, 11) is 0. The Balaban J connectivity index is 2.19. The van der Waals surface area contributed by atoms with Crippen LogP contribution in [0.1, 0.15) is 5.56 Å². The van der Waals surface area contributed by atoms with Crippen molar-refractivity contribution in [2.45, 2.75) is 6.54 Å². The standard InChI is InChI=1S/C10H11N3O/c1-2-14-10-4-7-6-12-13-9(7)3-8(10)5-11-1/h3-4,6,11H,1-2,5H2,(H,12,13). The molecule has 0 saturated carbocycles. The number of fused-ring (bicyclic) bond motifs is 2. The number of aromatic amines is 1. The molecule has 0 fully saturated rings. The SMILES string of the molecule is c1n[nH]c2cc3c(cc12)OCCNC3. The van der Waals surface area contributed by atoms with Gasteiger partial charge in [0.05, 0.1) is 11.7 Å². The zero-order valence-corrected chi connectivity index (χ0v) is 7.71. The van der Waals surface area contributed by atoms with E-state index >= 15 is 0 Å². The van der Waals surface area contributed by atoms with E-state index in [1.807, 2.05) is 12.3 Å². The van der Waals surface area contributed by atoms with Crippen LogP contribution in [0.2, 0.25) is 0 Å². The van der Waals surface area contributed by atoms with Crippen LogP contribution >= 0.6 is 0 Å². The van der Waals surface area contributed by atoms with Gasteiger partial charge in [0.25, 0.3) is 0 Å². The molecule has 0 saturated heterocycles. The van der Waals surface area contributed by atoms with Crippen LogP contribution in [-0.2, 0) is 6.54 Å². The van der Waals surface area contributed by atoms with Crippen molar-refractivity contribution in [3.8, 4) is 5.75 Å². The molecule has 0 unspecified atom stereocenters. The second-order valence-electron chi connectivity index (χ2n) is 3.44. The van der Waals surface area contributed by atoms with Crippen LogP contribution in [0.3, 0.4) is 0 Å². The average molecular weight is 189 g/mol. The molecule has 0 atom stereocenters. The number of H-pyrrole nitrogens is 1. The minimum absolute atomic E-state index is 0.732. The van der Waals surface area contributed by atoms with Gasteiger partial charge in [0.1, 0.15) is 12.4 Å². The summed E-state index contributed by atoms with van der Waals surface area (Å²) in [6.07, 6.45) is 1.82. The van der Waals surface area contributed by atoms with Crippen LogP contribution in [0.15, 0.2) is 18.3 Å². The molecule has 0 bridgehead atoms. The Bertz CT molecular complexity index is 423. The highest BCUT2D eigenvalue weighted by Crippen LogP contribution is 2.25. The van der Waals surface area contributed by atoms with Crippen molar-refractivity contribution >= 4 is 10.9 Å². The summed E-state index contributed by atoms with van der Waals surface area (Å²) in [5.41, 5.74) is 2.26. The third-order valence-electron chi connectivity index (χ3n) is 2.47. The fraction of sp³-hybridized carbons (Fsp3) is 0.300. The lowest BCUT2D eigenvalue weighted by Gasteiger charge is -2.05. The smallest absolute Gasteiger partial charge is 0.124 e. The molecular weight excluding hydrogens is 178 g/mol. The van der Waals surface area contributed by atoms with Gasteiger partial charge in [0.2, 0.25) is 0 Å². The molecule has 0 amide bonds. The van der Waals surface area contributed by atoms with Gasteiger partial charge in [-0.05, 0) is 12.1 Å². The van der Waals surface area contributed by atoms with Crippen molar-refractivity contribution in [3.63, 3.8) is 0 Å². The molecule has 14 heavy (non-hydrogen) atoms. The maximum absolute atomic E-state index is 5.62. The van der Waals surface area contributed by atoms with Crippen LogP contribution in [0.5, 0.6) is 5.75 Å². The maximum Gasteiger partial charge on any atom is 0.124 e. The summed E-state index contributed by atoms with van der Waals surface area (Å²) in [5.74, 6) is 0.976. The number of nitrogens with one attached hydrogen (secondary N) is 2. The van der Waals surface area contributed by atoms with Crippen LogP contribution < -0.4 is 10.1 Å². The summed E-state index contributed by atoms with van der Waals surface area (Å²) in [5, 5.41) is 11.4. The molecule has 4 nitrogen and oxygen atoms in total. The Hall–Kier alpha value is -1.55. The molecule has 72 valence electrons. The van der Waals surface area contributed by atoms with Gasteiger partial charge in [-0.3, -0.25) is 5.10 Å². The minimum atomic E-state index is 0.732. The average Bonchev–Trinajstić information content (AvgIpc) is 2.51. The van der Waals surface area contributed by atoms with Crippen LogP contribution in [-0.4, -0.2) is 23.3 Å². The predicted octanol–water partition coefficient (Wildman–Crippen LogP) is 1.04. The second-order valence-corrected chi connectivity index (χ2v) is 3.44. The van der Waals surface area contributed by atoms with E-state index in [9.17, 15) is 0 Å². The molecule has 2 heterocycles. The van der Waals surface area contributed by atoms with Crippen molar-refractivity contribution in [2.75, 3.05) is 13.2 Å². The number of rotatable bonds is 0. The van der Waals surface area contributed by atoms with Gasteiger partial charge >= 0.3 is 0 Å². The largest absolute Gasteiger partial charge is 0.492 e. The second kappa shape index (κ2) is 2.99. The van der Waals surface area contributed by atoms with Crippen molar-refractivity contribution < 1.29 is 4.74 Å². The van der Waals surface area contributed by atoms with Gasteiger partial charge in [0, 0.05) is 24.0 Å².